The van der Waals surface area contributed by atoms with Crippen molar-refractivity contribution in [1.82, 2.24) is 3.97 Å². The lowest BCUT2D eigenvalue weighted by Gasteiger charge is -2.09. The van der Waals surface area contributed by atoms with Crippen LogP contribution in [0.1, 0.15) is 10.4 Å². The minimum Gasteiger partial charge on any atom is -0.465 e. The van der Waals surface area contributed by atoms with E-state index in [0.717, 1.165) is 5.39 Å². The lowest BCUT2D eigenvalue weighted by atomic mass is 10.1. The Morgan fingerprint density at radius 1 is 0.846 bits per heavy atom. The number of nitrogens with zero attached hydrogens (tertiary/aromatic N) is 1. The van der Waals surface area contributed by atoms with Crippen molar-refractivity contribution in [3.63, 3.8) is 0 Å². The van der Waals surface area contributed by atoms with E-state index in [1.165, 1.54) is 11.1 Å². The largest absolute Gasteiger partial charge is 0.465 e. The number of hydrogen-bond donors (Lipinski definition) is 0. The zero-order chi connectivity index (χ0) is 18.3. The number of fused-ring (bicyclic) bond motifs is 3. The fourth-order valence-corrected chi connectivity index (χ4v) is 4.69. The molecule has 1 aromatic heterocycles. The summed E-state index contributed by atoms with van der Waals surface area (Å²) in [4.78, 5) is 12.1. The van der Waals surface area contributed by atoms with Gasteiger partial charge in [0.15, 0.2) is 0 Å². The van der Waals surface area contributed by atoms with E-state index in [2.05, 4.69) is 0 Å². The molecule has 0 unspecified atom stereocenters. The Morgan fingerprint density at radius 2 is 1.50 bits per heavy atom. The first-order valence-electron chi connectivity index (χ1n) is 7.96. The molecule has 6 heteroatoms. The molecule has 0 N–H and O–H groups in total. The van der Waals surface area contributed by atoms with Crippen molar-refractivity contribution in [3.05, 3.63) is 78.4 Å². The highest BCUT2D eigenvalue weighted by Crippen LogP contribution is 2.33. The number of benzene rings is 3. The van der Waals surface area contributed by atoms with Gasteiger partial charge in [0.1, 0.15) is 0 Å². The summed E-state index contributed by atoms with van der Waals surface area (Å²) in [5.41, 5.74) is 1.45. The molecule has 0 radical (unpaired) electrons. The minimum atomic E-state index is -3.79. The summed E-state index contributed by atoms with van der Waals surface area (Å²) < 4.78 is 32.6. The van der Waals surface area contributed by atoms with Crippen LogP contribution in [0.2, 0.25) is 0 Å². The van der Waals surface area contributed by atoms with E-state index in [-0.39, 0.29) is 4.90 Å². The first kappa shape index (κ1) is 16.4. The topological polar surface area (TPSA) is 65.4 Å². The molecule has 0 bridgehead atoms. The van der Waals surface area contributed by atoms with Gasteiger partial charge in [-0.3, -0.25) is 0 Å². The maximum atomic E-state index is 13.3. The van der Waals surface area contributed by atoms with Crippen LogP contribution < -0.4 is 0 Å². The third-order valence-electron chi connectivity index (χ3n) is 4.33. The molecule has 0 aliphatic rings. The van der Waals surface area contributed by atoms with Crippen LogP contribution in [0.15, 0.2) is 77.7 Å². The van der Waals surface area contributed by atoms with Gasteiger partial charge >= 0.3 is 5.97 Å². The fraction of sp³-hybridized carbons (Fsp3) is 0.0500. The molecular weight excluding hydrogens is 350 g/mol. The molecule has 0 aliphatic heterocycles. The molecule has 0 saturated carbocycles. The zero-order valence-corrected chi connectivity index (χ0v) is 14.7. The van der Waals surface area contributed by atoms with E-state index in [0.29, 0.717) is 22.0 Å². The number of ether oxygens (including phenoxy) is 1. The molecule has 0 spiro atoms. The number of para-hydroxylation sites is 1. The van der Waals surface area contributed by atoms with Crippen LogP contribution in [0.5, 0.6) is 0 Å². The second-order valence-corrected chi connectivity index (χ2v) is 7.61. The van der Waals surface area contributed by atoms with Crippen LogP contribution >= 0.6 is 0 Å². The third-order valence-corrected chi connectivity index (χ3v) is 6.07. The molecule has 3 aromatic carbocycles. The van der Waals surface area contributed by atoms with E-state index in [1.807, 2.05) is 12.1 Å². The standard InChI is InChI=1S/C20H15NO4S/c1-25-20(22)14-11-12-19-17(13-14)16-9-5-6-10-18(16)21(19)26(23,24)15-7-3-2-4-8-15/h2-13H,1H3. The second kappa shape index (κ2) is 6.00. The zero-order valence-electron chi connectivity index (χ0n) is 13.9. The van der Waals surface area contributed by atoms with Gasteiger partial charge in [-0.25, -0.2) is 17.2 Å². The van der Waals surface area contributed by atoms with Gasteiger partial charge in [0.2, 0.25) is 0 Å². The smallest absolute Gasteiger partial charge is 0.337 e. The van der Waals surface area contributed by atoms with E-state index >= 15 is 0 Å². The maximum absolute atomic E-state index is 13.3. The van der Waals surface area contributed by atoms with Crippen molar-refractivity contribution in [1.29, 1.82) is 0 Å². The monoisotopic (exact) mass is 365 g/mol. The number of methoxy groups -OCH3 is 1. The highest BCUT2D eigenvalue weighted by atomic mass is 32.2. The van der Waals surface area contributed by atoms with E-state index in [1.54, 1.807) is 60.7 Å². The Balaban J connectivity index is 2.11. The predicted molar refractivity (Wildman–Crippen MR) is 99.8 cm³/mol. The van der Waals surface area contributed by atoms with Crippen LogP contribution in [0, 0.1) is 0 Å². The highest BCUT2D eigenvalue weighted by molar-refractivity contribution is 7.90. The SMILES string of the molecule is COC(=O)c1ccc2c(c1)c1ccccc1n2S(=O)(=O)c1ccccc1. The summed E-state index contributed by atoms with van der Waals surface area (Å²) in [6.07, 6.45) is 0. The lowest BCUT2D eigenvalue weighted by Crippen LogP contribution is -2.12. The molecule has 1 heterocycles. The molecule has 26 heavy (non-hydrogen) atoms. The summed E-state index contributed by atoms with van der Waals surface area (Å²) in [7, 11) is -2.47. The van der Waals surface area contributed by atoms with Crippen LogP contribution in [0.25, 0.3) is 21.8 Å². The molecule has 0 amide bonds. The van der Waals surface area contributed by atoms with E-state index in [9.17, 15) is 13.2 Å². The van der Waals surface area contributed by atoms with Gasteiger partial charge < -0.3 is 4.74 Å². The van der Waals surface area contributed by atoms with Crippen molar-refractivity contribution in [3.8, 4) is 0 Å². The molecule has 130 valence electrons. The van der Waals surface area contributed by atoms with Gasteiger partial charge in [0, 0.05) is 10.8 Å². The fourth-order valence-electron chi connectivity index (χ4n) is 3.14. The summed E-state index contributed by atoms with van der Waals surface area (Å²) in [5.74, 6) is -0.463. The first-order valence-corrected chi connectivity index (χ1v) is 9.40. The van der Waals surface area contributed by atoms with Crippen molar-refractivity contribution >= 4 is 37.8 Å². The summed E-state index contributed by atoms with van der Waals surface area (Å²) in [5, 5.41) is 1.44. The van der Waals surface area contributed by atoms with E-state index in [4.69, 9.17) is 4.74 Å². The van der Waals surface area contributed by atoms with Crippen molar-refractivity contribution < 1.29 is 17.9 Å². The Kier molecular flexibility index (Phi) is 3.77. The van der Waals surface area contributed by atoms with Crippen molar-refractivity contribution in [2.75, 3.05) is 7.11 Å². The molecule has 0 fully saturated rings. The third kappa shape index (κ3) is 2.38. The second-order valence-electron chi connectivity index (χ2n) is 5.82. The van der Waals surface area contributed by atoms with Gasteiger partial charge in [0.25, 0.3) is 10.0 Å². The average molecular weight is 365 g/mol. The van der Waals surface area contributed by atoms with E-state index < -0.39 is 16.0 Å². The van der Waals surface area contributed by atoms with Crippen molar-refractivity contribution in [2.45, 2.75) is 4.90 Å². The normalized spacial score (nSPS) is 11.7. The number of carbonyl (C=O) groups is 1. The highest BCUT2D eigenvalue weighted by Gasteiger charge is 2.23. The molecule has 0 atom stereocenters. The van der Waals surface area contributed by atoms with Gasteiger partial charge in [0.05, 0.1) is 28.6 Å². The lowest BCUT2D eigenvalue weighted by molar-refractivity contribution is 0.0601. The first-order chi connectivity index (χ1) is 12.5. The molecular formula is C20H15NO4S. The molecule has 0 aliphatic carbocycles. The summed E-state index contributed by atoms with van der Waals surface area (Å²) in [6, 6.07) is 20.4. The minimum absolute atomic E-state index is 0.208. The number of rotatable bonds is 3. The van der Waals surface area contributed by atoms with Crippen molar-refractivity contribution in [2.24, 2.45) is 0 Å². The quantitative estimate of drug-likeness (QED) is 0.518. The van der Waals surface area contributed by atoms with Crippen LogP contribution in [-0.2, 0) is 14.8 Å². The average Bonchev–Trinajstić information content (AvgIpc) is 3.02. The van der Waals surface area contributed by atoms with Gasteiger partial charge in [-0.2, -0.15) is 0 Å². The predicted octanol–water partition coefficient (Wildman–Crippen LogP) is 3.82. The van der Waals surface area contributed by atoms with Gasteiger partial charge in [-0.05, 0) is 36.4 Å². The van der Waals surface area contributed by atoms with Crippen LogP contribution in [-0.4, -0.2) is 25.5 Å². The summed E-state index contributed by atoms with van der Waals surface area (Å²) in [6.45, 7) is 0. The van der Waals surface area contributed by atoms with Gasteiger partial charge in [-0.1, -0.05) is 36.4 Å². The maximum Gasteiger partial charge on any atom is 0.337 e. The molecule has 4 aromatic rings. The Labute approximate surface area is 150 Å². The summed E-state index contributed by atoms with van der Waals surface area (Å²) >= 11 is 0. The number of hydrogen-bond acceptors (Lipinski definition) is 4. The molecule has 5 nitrogen and oxygen atoms in total. The Hall–Kier alpha value is -3.12. The van der Waals surface area contributed by atoms with Crippen LogP contribution in [0.4, 0.5) is 0 Å². The molecule has 0 saturated heterocycles. The number of carbonyl (C=O) groups excluding carboxylic acids is 1. The Morgan fingerprint density at radius 3 is 2.23 bits per heavy atom. The van der Waals surface area contributed by atoms with Crippen LogP contribution in [0.3, 0.4) is 0 Å². The Bertz CT molecular complexity index is 1240. The number of esters is 1. The molecule has 4 rings (SSSR count). The number of aromatic nitrogens is 1. The van der Waals surface area contributed by atoms with Gasteiger partial charge in [-0.15, -0.1) is 0 Å².